The smallest absolute Gasteiger partial charge is 0.331 e. The molecule has 0 heterocycles. The van der Waals surface area contributed by atoms with E-state index in [9.17, 15) is 14.7 Å². The Morgan fingerprint density at radius 3 is 2.33 bits per heavy atom. The first-order valence-corrected chi connectivity index (χ1v) is 8.28. The van der Waals surface area contributed by atoms with Crippen molar-refractivity contribution in [3.63, 3.8) is 0 Å². The number of aliphatic hydroxyl groups excluding tert-OH is 1. The largest absolute Gasteiger partial charge is 0.464 e. The van der Waals surface area contributed by atoms with Crippen molar-refractivity contribution in [2.75, 3.05) is 11.9 Å². The summed E-state index contributed by atoms with van der Waals surface area (Å²) in [5.74, 6) is -1.23. The molecule has 0 aliphatic carbocycles. The van der Waals surface area contributed by atoms with Gasteiger partial charge in [0, 0.05) is 15.7 Å². The molecule has 126 valence electrons. The maximum atomic E-state index is 12.4. The summed E-state index contributed by atoms with van der Waals surface area (Å²) < 4.78 is 5.86. The van der Waals surface area contributed by atoms with Gasteiger partial charge < -0.3 is 15.2 Å². The SMILES string of the molecule is CCOC(=O)C(Nc1ccc(Br)cc1)C(O)C(=O)c1ccccc1. The van der Waals surface area contributed by atoms with Crippen LogP contribution >= 0.6 is 15.9 Å². The second kappa shape index (κ2) is 8.61. The molecule has 0 aliphatic rings. The molecule has 0 amide bonds. The van der Waals surface area contributed by atoms with E-state index >= 15 is 0 Å². The number of halogens is 1. The highest BCUT2D eigenvalue weighted by atomic mass is 79.9. The van der Waals surface area contributed by atoms with Crippen molar-refractivity contribution in [2.24, 2.45) is 0 Å². The van der Waals surface area contributed by atoms with Crippen LogP contribution in [0.15, 0.2) is 59.1 Å². The summed E-state index contributed by atoms with van der Waals surface area (Å²) in [4.78, 5) is 24.6. The predicted molar refractivity (Wildman–Crippen MR) is 95.0 cm³/mol. The van der Waals surface area contributed by atoms with Gasteiger partial charge in [0.15, 0.2) is 11.8 Å². The van der Waals surface area contributed by atoms with Crippen molar-refractivity contribution in [2.45, 2.75) is 19.1 Å². The minimum atomic E-state index is -1.56. The molecule has 0 aromatic heterocycles. The molecule has 2 N–H and O–H groups in total. The van der Waals surface area contributed by atoms with E-state index in [2.05, 4.69) is 21.2 Å². The quantitative estimate of drug-likeness (QED) is 0.560. The molecule has 0 radical (unpaired) electrons. The summed E-state index contributed by atoms with van der Waals surface area (Å²) >= 11 is 3.33. The lowest BCUT2D eigenvalue weighted by atomic mass is 10.00. The number of anilines is 1. The minimum Gasteiger partial charge on any atom is -0.464 e. The summed E-state index contributed by atoms with van der Waals surface area (Å²) in [5, 5.41) is 13.3. The zero-order chi connectivity index (χ0) is 17.5. The van der Waals surface area contributed by atoms with Crippen molar-refractivity contribution in [3.8, 4) is 0 Å². The molecule has 2 aromatic carbocycles. The zero-order valence-electron chi connectivity index (χ0n) is 13.1. The topological polar surface area (TPSA) is 75.6 Å². The molecular weight excluding hydrogens is 374 g/mol. The third-order valence-electron chi connectivity index (χ3n) is 3.35. The van der Waals surface area contributed by atoms with Gasteiger partial charge in [-0.2, -0.15) is 0 Å². The lowest BCUT2D eigenvalue weighted by Crippen LogP contribution is -2.46. The van der Waals surface area contributed by atoms with Crippen molar-refractivity contribution in [1.82, 2.24) is 0 Å². The minimum absolute atomic E-state index is 0.156. The highest BCUT2D eigenvalue weighted by Crippen LogP contribution is 2.17. The van der Waals surface area contributed by atoms with E-state index in [0.717, 1.165) is 4.47 Å². The van der Waals surface area contributed by atoms with Gasteiger partial charge in [0.05, 0.1) is 6.61 Å². The Kier molecular flexibility index (Phi) is 6.52. The normalized spacial score (nSPS) is 13.0. The lowest BCUT2D eigenvalue weighted by Gasteiger charge is -2.22. The number of carbonyl (C=O) groups is 2. The van der Waals surface area contributed by atoms with Crippen LogP contribution in [0.25, 0.3) is 0 Å². The number of aliphatic hydroxyl groups is 1. The number of carbonyl (C=O) groups excluding carboxylic acids is 2. The molecule has 24 heavy (non-hydrogen) atoms. The number of ketones is 1. The van der Waals surface area contributed by atoms with Gasteiger partial charge in [-0.1, -0.05) is 46.3 Å². The number of benzene rings is 2. The van der Waals surface area contributed by atoms with Gasteiger partial charge in [-0.15, -0.1) is 0 Å². The van der Waals surface area contributed by atoms with Gasteiger partial charge >= 0.3 is 5.97 Å². The fraction of sp³-hybridized carbons (Fsp3) is 0.222. The first-order valence-electron chi connectivity index (χ1n) is 7.49. The highest BCUT2D eigenvalue weighted by Gasteiger charge is 2.33. The Labute approximate surface area is 148 Å². The number of nitrogens with one attached hydrogen (secondary N) is 1. The van der Waals surface area contributed by atoms with E-state index in [1.165, 1.54) is 0 Å². The summed E-state index contributed by atoms with van der Waals surface area (Å²) in [6, 6.07) is 14.2. The predicted octanol–water partition coefficient (Wildman–Crippen LogP) is 3.04. The Balaban J connectivity index is 2.23. The van der Waals surface area contributed by atoms with Gasteiger partial charge in [-0.25, -0.2) is 4.79 Å². The van der Waals surface area contributed by atoms with E-state index in [0.29, 0.717) is 11.3 Å². The molecule has 2 atom stereocenters. The first-order chi connectivity index (χ1) is 11.5. The zero-order valence-corrected chi connectivity index (χ0v) is 14.7. The maximum absolute atomic E-state index is 12.4. The van der Waals surface area contributed by atoms with Gasteiger partial charge in [0.25, 0.3) is 0 Å². The second-order valence-corrected chi connectivity index (χ2v) is 5.97. The van der Waals surface area contributed by atoms with Gasteiger partial charge in [0.2, 0.25) is 0 Å². The summed E-state index contributed by atoms with van der Waals surface area (Å²) in [6.07, 6.45) is -1.56. The average Bonchev–Trinajstić information content (AvgIpc) is 2.61. The molecule has 0 saturated carbocycles. The number of Topliss-reactive ketones (excluding diaryl/α,β-unsaturated/α-hetero) is 1. The van der Waals surface area contributed by atoms with E-state index in [4.69, 9.17) is 4.74 Å². The average molecular weight is 392 g/mol. The molecule has 2 rings (SSSR count). The molecule has 0 aliphatic heterocycles. The second-order valence-electron chi connectivity index (χ2n) is 5.06. The summed E-state index contributed by atoms with van der Waals surface area (Å²) in [7, 11) is 0. The van der Waals surface area contributed by atoms with Gasteiger partial charge in [-0.3, -0.25) is 4.79 Å². The van der Waals surface area contributed by atoms with E-state index < -0.39 is 23.9 Å². The first kappa shape index (κ1) is 18.2. The van der Waals surface area contributed by atoms with Crippen LogP contribution in [-0.4, -0.2) is 35.6 Å². The van der Waals surface area contributed by atoms with Crippen molar-refractivity contribution >= 4 is 33.4 Å². The maximum Gasteiger partial charge on any atom is 0.331 e. The van der Waals surface area contributed by atoms with Crippen LogP contribution in [0.1, 0.15) is 17.3 Å². The van der Waals surface area contributed by atoms with Crippen molar-refractivity contribution in [3.05, 3.63) is 64.6 Å². The van der Waals surface area contributed by atoms with E-state index in [1.54, 1.807) is 61.5 Å². The Morgan fingerprint density at radius 2 is 1.75 bits per heavy atom. The van der Waals surface area contributed by atoms with Crippen LogP contribution in [0, 0.1) is 0 Å². The number of hydrogen-bond acceptors (Lipinski definition) is 5. The number of esters is 1. The Hall–Kier alpha value is -2.18. The molecular formula is C18H18BrNO4. The van der Waals surface area contributed by atoms with E-state index in [-0.39, 0.29) is 6.61 Å². The lowest BCUT2D eigenvalue weighted by molar-refractivity contribution is -0.145. The third-order valence-corrected chi connectivity index (χ3v) is 3.88. The van der Waals surface area contributed by atoms with Gasteiger partial charge in [0.1, 0.15) is 6.10 Å². The molecule has 0 spiro atoms. The van der Waals surface area contributed by atoms with Crippen LogP contribution in [0.3, 0.4) is 0 Å². The molecule has 5 nitrogen and oxygen atoms in total. The van der Waals surface area contributed by atoms with Crippen LogP contribution < -0.4 is 5.32 Å². The van der Waals surface area contributed by atoms with Crippen LogP contribution in [0.5, 0.6) is 0 Å². The molecule has 2 unspecified atom stereocenters. The van der Waals surface area contributed by atoms with Crippen LogP contribution in [0.4, 0.5) is 5.69 Å². The standard InChI is InChI=1S/C18H18BrNO4/c1-2-24-18(23)15(20-14-10-8-13(19)9-11-14)17(22)16(21)12-6-4-3-5-7-12/h3-11,15,17,20,22H,2H2,1H3. The summed E-state index contributed by atoms with van der Waals surface area (Å²) in [6.45, 7) is 1.82. The number of rotatable bonds is 7. The molecule has 0 fully saturated rings. The van der Waals surface area contributed by atoms with E-state index in [1.807, 2.05) is 0 Å². The number of ether oxygens (including phenoxy) is 1. The monoisotopic (exact) mass is 391 g/mol. The van der Waals surface area contributed by atoms with Crippen LogP contribution in [-0.2, 0) is 9.53 Å². The highest BCUT2D eigenvalue weighted by molar-refractivity contribution is 9.10. The fourth-order valence-electron chi connectivity index (χ4n) is 2.15. The Bertz CT molecular complexity index is 688. The third kappa shape index (κ3) is 4.66. The van der Waals surface area contributed by atoms with Crippen LogP contribution in [0.2, 0.25) is 0 Å². The fourth-order valence-corrected chi connectivity index (χ4v) is 2.41. The molecule has 6 heteroatoms. The summed E-state index contributed by atoms with van der Waals surface area (Å²) in [5.41, 5.74) is 0.924. The van der Waals surface area contributed by atoms with Crippen molar-refractivity contribution in [1.29, 1.82) is 0 Å². The molecule has 0 bridgehead atoms. The molecule has 0 saturated heterocycles. The number of hydrogen-bond donors (Lipinski definition) is 2. The van der Waals surface area contributed by atoms with Crippen molar-refractivity contribution < 1.29 is 19.4 Å². The Morgan fingerprint density at radius 1 is 1.12 bits per heavy atom. The van der Waals surface area contributed by atoms with Gasteiger partial charge in [-0.05, 0) is 31.2 Å². The molecule has 2 aromatic rings.